The number of pyridine rings is 1. The van der Waals surface area contributed by atoms with Gasteiger partial charge in [-0.3, -0.25) is 9.78 Å². The maximum Gasteiger partial charge on any atom is 0.257 e. The van der Waals surface area contributed by atoms with E-state index in [0.717, 1.165) is 25.1 Å². The predicted octanol–water partition coefficient (Wildman–Crippen LogP) is 2.54. The maximum absolute atomic E-state index is 13.0. The second kappa shape index (κ2) is 7.01. The molecule has 25 heavy (non-hydrogen) atoms. The lowest BCUT2D eigenvalue weighted by Crippen LogP contribution is -2.44. The summed E-state index contributed by atoms with van der Waals surface area (Å²) in [5.41, 5.74) is 0.557. The zero-order valence-electron chi connectivity index (χ0n) is 13.9. The van der Waals surface area contributed by atoms with Crippen molar-refractivity contribution in [2.75, 3.05) is 26.3 Å². The minimum Gasteiger partial charge on any atom is -0.488 e. The fourth-order valence-corrected chi connectivity index (χ4v) is 3.24. The number of rotatable bonds is 3. The van der Waals surface area contributed by atoms with Crippen LogP contribution in [0, 0.1) is 0 Å². The van der Waals surface area contributed by atoms with Crippen LogP contribution >= 0.6 is 0 Å². The zero-order chi connectivity index (χ0) is 17.1. The topological polar surface area (TPSA) is 60.9 Å². The number of benzene rings is 1. The summed E-state index contributed by atoms with van der Waals surface area (Å²) in [6.45, 7) is 2.26. The molecule has 2 aliphatic heterocycles. The number of likely N-dealkylation sites (tertiary alicyclic amines) is 1. The van der Waals surface area contributed by atoms with Gasteiger partial charge in [0.1, 0.15) is 25.1 Å². The summed E-state index contributed by atoms with van der Waals surface area (Å²) in [6.07, 6.45) is 5.23. The lowest BCUT2D eigenvalue weighted by molar-refractivity contribution is 0.0530. The van der Waals surface area contributed by atoms with E-state index >= 15 is 0 Å². The van der Waals surface area contributed by atoms with Gasteiger partial charge in [-0.2, -0.15) is 0 Å². The maximum atomic E-state index is 13.0. The lowest BCUT2D eigenvalue weighted by Gasteiger charge is -2.33. The highest BCUT2D eigenvalue weighted by Gasteiger charge is 2.29. The van der Waals surface area contributed by atoms with Crippen molar-refractivity contribution in [3.63, 3.8) is 0 Å². The molecule has 2 aromatic rings. The molecule has 1 saturated heterocycles. The van der Waals surface area contributed by atoms with Gasteiger partial charge in [0.25, 0.3) is 5.91 Å². The molecule has 1 atom stereocenters. The van der Waals surface area contributed by atoms with Crippen molar-refractivity contribution in [2.24, 2.45) is 0 Å². The number of para-hydroxylation sites is 1. The van der Waals surface area contributed by atoms with Crippen LogP contribution in [-0.2, 0) is 0 Å². The van der Waals surface area contributed by atoms with Gasteiger partial charge in [-0.05, 0) is 37.1 Å². The van der Waals surface area contributed by atoms with Crippen LogP contribution in [0.2, 0.25) is 0 Å². The summed E-state index contributed by atoms with van der Waals surface area (Å²) in [4.78, 5) is 18.8. The SMILES string of the molecule is O=C(c1cccc2c1OCCO2)N1CCCC(Oc2ccncc2)C1. The van der Waals surface area contributed by atoms with E-state index in [0.29, 0.717) is 36.8 Å². The minimum absolute atomic E-state index is 0.0168. The first-order valence-corrected chi connectivity index (χ1v) is 8.56. The van der Waals surface area contributed by atoms with Gasteiger partial charge in [0.05, 0.1) is 12.1 Å². The van der Waals surface area contributed by atoms with E-state index in [1.54, 1.807) is 18.5 Å². The minimum atomic E-state index is -0.0367. The Hall–Kier alpha value is -2.76. The summed E-state index contributed by atoms with van der Waals surface area (Å²) >= 11 is 0. The van der Waals surface area contributed by atoms with Crippen molar-refractivity contribution in [1.82, 2.24) is 9.88 Å². The number of hydrogen-bond acceptors (Lipinski definition) is 5. The van der Waals surface area contributed by atoms with Gasteiger partial charge in [-0.15, -0.1) is 0 Å². The van der Waals surface area contributed by atoms with E-state index in [1.165, 1.54) is 0 Å². The molecule has 0 bridgehead atoms. The van der Waals surface area contributed by atoms with Crippen LogP contribution in [-0.4, -0.2) is 48.2 Å². The first kappa shape index (κ1) is 15.7. The average Bonchev–Trinajstić information content (AvgIpc) is 2.68. The normalized spacial score (nSPS) is 19.4. The smallest absolute Gasteiger partial charge is 0.257 e. The molecule has 0 aliphatic carbocycles. The Morgan fingerprint density at radius 1 is 1.16 bits per heavy atom. The van der Waals surface area contributed by atoms with Gasteiger partial charge >= 0.3 is 0 Å². The van der Waals surface area contributed by atoms with Crippen molar-refractivity contribution in [1.29, 1.82) is 0 Å². The van der Waals surface area contributed by atoms with Crippen molar-refractivity contribution in [3.05, 3.63) is 48.3 Å². The van der Waals surface area contributed by atoms with Gasteiger partial charge in [0.2, 0.25) is 0 Å². The highest BCUT2D eigenvalue weighted by Crippen LogP contribution is 2.34. The predicted molar refractivity (Wildman–Crippen MR) is 91.2 cm³/mol. The van der Waals surface area contributed by atoms with E-state index < -0.39 is 0 Å². The van der Waals surface area contributed by atoms with E-state index in [-0.39, 0.29) is 12.0 Å². The third-order valence-electron chi connectivity index (χ3n) is 4.41. The second-order valence-corrected chi connectivity index (χ2v) is 6.15. The number of ether oxygens (including phenoxy) is 3. The molecule has 130 valence electrons. The van der Waals surface area contributed by atoms with Gasteiger partial charge in [-0.25, -0.2) is 0 Å². The molecule has 1 aromatic heterocycles. The Bertz CT molecular complexity index is 750. The summed E-state index contributed by atoms with van der Waals surface area (Å²) in [7, 11) is 0. The van der Waals surface area contributed by atoms with E-state index in [4.69, 9.17) is 14.2 Å². The molecular weight excluding hydrogens is 320 g/mol. The fourth-order valence-electron chi connectivity index (χ4n) is 3.24. The first-order valence-electron chi connectivity index (χ1n) is 8.56. The Kier molecular flexibility index (Phi) is 4.41. The van der Waals surface area contributed by atoms with E-state index in [9.17, 15) is 4.79 Å². The quantitative estimate of drug-likeness (QED) is 0.859. The molecule has 1 aromatic carbocycles. The Morgan fingerprint density at radius 3 is 2.88 bits per heavy atom. The molecule has 0 radical (unpaired) electrons. The van der Waals surface area contributed by atoms with Crippen LogP contribution in [0.25, 0.3) is 0 Å². The molecule has 0 saturated carbocycles. The third-order valence-corrected chi connectivity index (χ3v) is 4.41. The molecule has 6 heteroatoms. The number of piperidine rings is 1. The molecule has 1 amide bonds. The highest BCUT2D eigenvalue weighted by atomic mass is 16.6. The van der Waals surface area contributed by atoms with Crippen LogP contribution in [0.5, 0.6) is 17.2 Å². The molecule has 6 nitrogen and oxygen atoms in total. The number of aromatic nitrogens is 1. The number of carbonyl (C=O) groups excluding carboxylic acids is 1. The van der Waals surface area contributed by atoms with Crippen LogP contribution in [0.4, 0.5) is 0 Å². The van der Waals surface area contributed by atoms with Crippen molar-refractivity contribution < 1.29 is 19.0 Å². The van der Waals surface area contributed by atoms with Gasteiger partial charge < -0.3 is 19.1 Å². The van der Waals surface area contributed by atoms with Crippen LogP contribution in [0.1, 0.15) is 23.2 Å². The number of amides is 1. The van der Waals surface area contributed by atoms with Gasteiger partial charge in [0.15, 0.2) is 11.5 Å². The van der Waals surface area contributed by atoms with Crippen LogP contribution < -0.4 is 14.2 Å². The number of fused-ring (bicyclic) bond motifs is 1. The van der Waals surface area contributed by atoms with Gasteiger partial charge in [0, 0.05) is 18.9 Å². The number of hydrogen-bond donors (Lipinski definition) is 0. The Morgan fingerprint density at radius 2 is 2.00 bits per heavy atom. The largest absolute Gasteiger partial charge is 0.488 e. The van der Waals surface area contributed by atoms with Crippen molar-refractivity contribution in [2.45, 2.75) is 18.9 Å². The summed E-state index contributed by atoms with van der Waals surface area (Å²) in [5, 5.41) is 0. The monoisotopic (exact) mass is 340 g/mol. The molecule has 4 rings (SSSR count). The van der Waals surface area contributed by atoms with Gasteiger partial charge in [-0.1, -0.05) is 6.07 Å². The van der Waals surface area contributed by atoms with E-state index in [1.807, 2.05) is 29.2 Å². The van der Waals surface area contributed by atoms with Crippen LogP contribution in [0.3, 0.4) is 0 Å². The van der Waals surface area contributed by atoms with Crippen molar-refractivity contribution in [3.8, 4) is 17.2 Å². The Labute approximate surface area is 146 Å². The number of carbonyl (C=O) groups is 1. The molecule has 1 fully saturated rings. The Balaban J connectivity index is 1.49. The van der Waals surface area contributed by atoms with Crippen LogP contribution in [0.15, 0.2) is 42.7 Å². The molecule has 2 aliphatic rings. The summed E-state index contributed by atoms with van der Waals surface area (Å²) in [5.74, 6) is 1.93. The average molecular weight is 340 g/mol. The zero-order valence-corrected chi connectivity index (χ0v) is 13.9. The third kappa shape index (κ3) is 3.38. The highest BCUT2D eigenvalue weighted by molar-refractivity contribution is 5.98. The lowest BCUT2D eigenvalue weighted by atomic mass is 10.1. The van der Waals surface area contributed by atoms with E-state index in [2.05, 4.69) is 4.98 Å². The molecule has 1 unspecified atom stereocenters. The first-order chi connectivity index (χ1) is 12.3. The molecule has 3 heterocycles. The number of nitrogens with zero attached hydrogens (tertiary/aromatic N) is 2. The molecular formula is C19H20N2O4. The standard InChI is InChI=1S/C19H20N2O4/c22-19(16-4-1-5-17-18(16)24-12-11-23-17)21-10-2-3-15(13-21)25-14-6-8-20-9-7-14/h1,4-9,15H,2-3,10-13H2. The fraction of sp³-hybridized carbons (Fsp3) is 0.368. The van der Waals surface area contributed by atoms with Crippen molar-refractivity contribution >= 4 is 5.91 Å². The summed E-state index contributed by atoms with van der Waals surface area (Å²) < 4.78 is 17.2. The molecule has 0 N–H and O–H groups in total. The second-order valence-electron chi connectivity index (χ2n) is 6.15. The molecule has 0 spiro atoms. The summed E-state index contributed by atoms with van der Waals surface area (Å²) in [6, 6.07) is 9.12.